The van der Waals surface area contributed by atoms with Gasteiger partial charge in [0.2, 0.25) is 0 Å². The molecule has 0 radical (unpaired) electrons. The zero-order valence-electron chi connectivity index (χ0n) is 10.6. The number of rotatable bonds is 6. The molecule has 2 heteroatoms. The summed E-state index contributed by atoms with van der Waals surface area (Å²) >= 11 is 0. The van der Waals surface area contributed by atoms with Gasteiger partial charge in [0, 0.05) is 5.57 Å². The Bertz CT molecular complexity index is 391. The van der Waals surface area contributed by atoms with E-state index in [-0.39, 0.29) is 0 Å². The van der Waals surface area contributed by atoms with Crippen LogP contribution in [0.1, 0.15) is 45.1 Å². The van der Waals surface area contributed by atoms with Crippen molar-refractivity contribution in [3.63, 3.8) is 0 Å². The fourth-order valence-electron chi connectivity index (χ4n) is 1.87. The van der Waals surface area contributed by atoms with E-state index in [4.69, 9.17) is 0 Å². The summed E-state index contributed by atoms with van der Waals surface area (Å²) in [6.07, 6.45) is 3.79. The Hall–Kier alpha value is -1.57. The molecule has 0 saturated carbocycles. The highest BCUT2D eigenvalue weighted by Gasteiger charge is 2.11. The first kappa shape index (κ1) is 13.5. The van der Waals surface area contributed by atoms with Gasteiger partial charge in [0.05, 0.1) is 0 Å². The molecule has 2 nitrogen and oxygen atoms in total. The number of unbranched alkanes of at least 4 members (excludes halogenated alkanes) is 2. The van der Waals surface area contributed by atoms with Crippen LogP contribution in [-0.2, 0) is 4.79 Å². The number of carboxylic acid groups (broad SMARTS) is 1. The molecule has 17 heavy (non-hydrogen) atoms. The minimum Gasteiger partial charge on any atom is -0.478 e. The summed E-state index contributed by atoms with van der Waals surface area (Å²) in [4.78, 5) is 11.3. The summed E-state index contributed by atoms with van der Waals surface area (Å²) < 4.78 is 0. The second-order valence-electron chi connectivity index (χ2n) is 4.23. The fourth-order valence-corrected chi connectivity index (χ4v) is 1.87. The van der Waals surface area contributed by atoms with E-state index in [9.17, 15) is 9.90 Å². The Morgan fingerprint density at radius 2 is 1.82 bits per heavy atom. The predicted octanol–water partition coefficient (Wildman–Crippen LogP) is 4.13. The Morgan fingerprint density at radius 1 is 1.18 bits per heavy atom. The molecule has 0 amide bonds. The molecule has 1 aromatic carbocycles. The molecule has 0 aliphatic carbocycles. The normalized spacial score (nSPS) is 12.1. The number of hydrogen-bond acceptors (Lipinski definition) is 1. The van der Waals surface area contributed by atoms with Crippen molar-refractivity contribution in [2.24, 2.45) is 0 Å². The summed E-state index contributed by atoms with van der Waals surface area (Å²) in [5.74, 6) is -0.789. The average molecular weight is 232 g/mol. The molecule has 0 unspecified atom stereocenters. The van der Waals surface area contributed by atoms with E-state index in [0.29, 0.717) is 12.0 Å². The van der Waals surface area contributed by atoms with Gasteiger partial charge in [0.15, 0.2) is 0 Å². The maximum atomic E-state index is 11.3. The van der Waals surface area contributed by atoms with Crippen molar-refractivity contribution in [3.05, 3.63) is 41.5 Å². The van der Waals surface area contributed by atoms with Gasteiger partial charge in [-0.25, -0.2) is 4.79 Å². The van der Waals surface area contributed by atoms with Gasteiger partial charge in [0.25, 0.3) is 0 Å². The number of carbonyl (C=O) groups is 1. The SMILES string of the molecule is CCCCCC(C(=O)O)=C(C)c1ccccc1. The first-order chi connectivity index (χ1) is 8.16. The topological polar surface area (TPSA) is 37.3 Å². The van der Waals surface area contributed by atoms with Crippen LogP contribution in [0.15, 0.2) is 35.9 Å². The van der Waals surface area contributed by atoms with E-state index in [2.05, 4.69) is 6.92 Å². The predicted molar refractivity (Wildman–Crippen MR) is 70.8 cm³/mol. The van der Waals surface area contributed by atoms with Gasteiger partial charge in [-0.2, -0.15) is 0 Å². The maximum Gasteiger partial charge on any atom is 0.331 e. The van der Waals surface area contributed by atoms with Crippen molar-refractivity contribution >= 4 is 11.5 Å². The molecule has 0 aromatic heterocycles. The summed E-state index contributed by atoms with van der Waals surface area (Å²) in [5, 5.41) is 9.25. The highest BCUT2D eigenvalue weighted by Crippen LogP contribution is 2.22. The molecule has 0 heterocycles. The second-order valence-corrected chi connectivity index (χ2v) is 4.23. The van der Waals surface area contributed by atoms with Crippen LogP contribution in [0, 0.1) is 0 Å². The third-order valence-electron chi connectivity index (χ3n) is 2.95. The van der Waals surface area contributed by atoms with Crippen LogP contribution in [0.25, 0.3) is 5.57 Å². The summed E-state index contributed by atoms with van der Waals surface area (Å²) in [6, 6.07) is 9.72. The molecule has 1 aromatic rings. The molecule has 0 fully saturated rings. The van der Waals surface area contributed by atoms with E-state index in [0.717, 1.165) is 30.4 Å². The number of hydrogen-bond donors (Lipinski definition) is 1. The highest BCUT2D eigenvalue weighted by molar-refractivity contribution is 5.95. The van der Waals surface area contributed by atoms with Crippen LogP contribution in [0.2, 0.25) is 0 Å². The van der Waals surface area contributed by atoms with Crippen molar-refractivity contribution in [2.75, 3.05) is 0 Å². The first-order valence-corrected chi connectivity index (χ1v) is 6.15. The molecule has 0 saturated heterocycles. The molecule has 92 valence electrons. The minimum absolute atomic E-state index is 0.546. The molecule has 0 atom stereocenters. The zero-order chi connectivity index (χ0) is 12.7. The van der Waals surface area contributed by atoms with Crippen LogP contribution in [-0.4, -0.2) is 11.1 Å². The fraction of sp³-hybridized carbons (Fsp3) is 0.400. The third-order valence-corrected chi connectivity index (χ3v) is 2.95. The third kappa shape index (κ3) is 4.06. The van der Waals surface area contributed by atoms with Gasteiger partial charge in [0.1, 0.15) is 0 Å². The van der Waals surface area contributed by atoms with Crippen molar-refractivity contribution < 1.29 is 9.90 Å². The standard InChI is InChI=1S/C15H20O2/c1-3-4-6-11-14(15(16)17)12(2)13-9-7-5-8-10-13/h5,7-10H,3-4,6,11H2,1-2H3,(H,16,17). The number of aliphatic carboxylic acids is 1. The van der Waals surface area contributed by atoms with Crippen LogP contribution < -0.4 is 0 Å². The van der Waals surface area contributed by atoms with Crippen molar-refractivity contribution in [3.8, 4) is 0 Å². The number of carboxylic acids is 1. The van der Waals surface area contributed by atoms with E-state index < -0.39 is 5.97 Å². The average Bonchev–Trinajstić information content (AvgIpc) is 2.34. The smallest absolute Gasteiger partial charge is 0.331 e. The van der Waals surface area contributed by atoms with E-state index in [1.165, 1.54) is 0 Å². The summed E-state index contributed by atoms with van der Waals surface area (Å²) in [5.41, 5.74) is 2.43. The van der Waals surface area contributed by atoms with Gasteiger partial charge >= 0.3 is 5.97 Å². The maximum absolute atomic E-state index is 11.3. The summed E-state index contributed by atoms with van der Waals surface area (Å²) in [6.45, 7) is 4.01. The Kier molecular flexibility index (Phi) is 5.47. The minimum atomic E-state index is -0.789. The Balaban J connectivity index is 2.91. The molecule has 1 rings (SSSR count). The Morgan fingerprint density at radius 3 is 2.35 bits per heavy atom. The van der Waals surface area contributed by atoms with Gasteiger partial charge in [-0.1, -0.05) is 50.1 Å². The number of benzene rings is 1. The van der Waals surface area contributed by atoms with Crippen molar-refractivity contribution in [1.29, 1.82) is 0 Å². The van der Waals surface area contributed by atoms with Gasteiger partial charge in [-0.15, -0.1) is 0 Å². The molecule has 1 N–H and O–H groups in total. The summed E-state index contributed by atoms with van der Waals surface area (Å²) in [7, 11) is 0. The molecule has 0 aliphatic rings. The molecular weight excluding hydrogens is 212 g/mol. The monoisotopic (exact) mass is 232 g/mol. The molecule has 0 bridgehead atoms. The second kappa shape index (κ2) is 6.89. The van der Waals surface area contributed by atoms with E-state index in [1.807, 2.05) is 37.3 Å². The van der Waals surface area contributed by atoms with Crippen molar-refractivity contribution in [2.45, 2.75) is 39.5 Å². The van der Waals surface area contributed by atoms with Gasteiger partial charge in [-0.3, -0.25) is 0 Å². The lowest BCUT2D eigenvalue weighted by atomic mass is 9.97. The first-order valence-electron chi connectivity index (χ1n) is 6.15. The van der Waals surface area contributed by atoms with E-state index in [1.54, 1.807) is 0 Å². The zero-order valence-corrected chi connectivity index (χ0v) is 10.6. The highest BCUT2D eigenvalue weighted by atomic mass is 16.4. The van der Waals surface area contributed by atoms with Crippen molar-refractivity contribution in [1.82, 2.24) is 0 Å². The molecule has 0 spiro atoms. The lowest BCUT2D eigenvalue weighted by Crippen LogP contribution is -2.03. The molecule has 0 aliphatic heterocycles. The molecular formula is C15H20O2. The van der Waals surface area contributed by atoms with Crippen LogP contribution >= 0.6 is 0 Å². The van der Waals surface area contributed by atoms with Crippen LogP contribution in [0.4, 0.5) is 0 Å². The quantitative estimate of drug-likeness (QED) is 0.591. The van der Waals surface area contributed by atoms with E-state index >= 15 is 0 Å². The Labute approximate surface area is 103 Å². The largest absolute Gasteiger partial charge is 0.478 e. The van der Waals surface area contributed by atoms with Gasteiger partial charge < -0.3 is 5.11 Å². The lowest BCUT2D eigenvalue weighted by Gasteiger charge is -2.08. The lowest BCUT2D eigenvalue weighted by molar-refractivity contribution is -0.132. The van der Waals surface area contributed by atoms with Crippen LogP contribution in [0.3, 0.4) is 0 Å². The number of allylic oxidation sites excluding steroid dienone is 1. The van der Waals surface area contributed by atoms with Gasteiger partial charge in [-0.05, 0) is 30.9 Å². The van der Waals surface area contributed by atoms with Crippen LogP contribution in [0.5, 0.6) is 0 Å².